The molecule has 78 valence electrons. The molecule has 1 aromatic heterocycles. The Morgan fingerprint density at radius 3 is 2.86 bits per heavy atom. The first-order valence-corrected chi connectivity index (χ1v) is 4.27. The molecule has 14 heavy (non-hydrogen) atoms. The first kappa shape index (κ1) is 10.7. The molecule has 0 aromatic carbocycles. The van der Waals surface area contributed by atoms with Crippen molar-refractivity contribution in [1.29, 1.82) is 0 Å². The Bertz CT molecular complexity index is 327. The molecular formula is C9H12FNO3. The van der Waals surface area contributed by atoms with E-state index in [2.05, 4.69) is 9.68 Å². The molecule has 0 radical (unpaired) electrons. The molecule has 0 atom stereocenters. The van der Waals surface area contributed by atoms with Crippen molar-refractivity contribution in [3.8, 4) is 0 Å². The van der Waals surface area contributed by atoms with Gasteiger partial charge in [-0.3, -0.25) is 0 Å². The molecule has 0 fully saturated rings. The van der Waals surface area contributed by atoms with Gasteiger partial charge in [-0.1, -0.05) is 5.16 Å². The second-order valence-corrected chi connectivity index (χ2v) is 3.27. The Balaban J connectivity index is 2.99. The van der Waals surface area contributed by atoms with Gasteiger partial charge in [0.25, 0.3) is 0 Å². The standard InChI is InChI=1S/C9H12FNO3/c1-4-13-8(12)6-5-14-11-7(6)9(2,3)10/h5H,4H2,1-3H3. The van der Waals surface area contributed by atoms with Crippen LogP contribution in [0, 0.1) is 0 Å². The fourth-order valence-corrected chi connectivity index (χ4v) is 1.02. The van der Waals surface area contributed by atoms with Crippen molar-refractivity contribution >= 4 is 5.97 Å². The van der Waals surface area contributed by atoms with Crippen LogP contribution in [0.2, 0.25) is 0 Å². The largest absolute Gasteiger partial charge is 0.462 e. The van der Waals surface area contributed by atoms with Crippen molar-refractivity contribution < 1.29 is 18.4 Å². The van der Waals surface area contributed by atoms with E-state index in [-0.39, 0.29) is 17.9 Å². The maximum absolute atomic E-state index is 13.5. The van der Waals surface area contributed by atoms with Crippen LogP contribution in [0.15, 0.2) is 10.8 Å². The Labute approximate surface area is 81.0 Å². The SMILES string of the molecule is CCOC(=O)c1conc1C(C)(C)F. The lowest BCUT2D eigenvalue weighted by Crippen LogP contribution is -2.16. The number of aromatic nitrogens is 1. The van der Waals surface area contributed by atoms with Crippen LogP contribution in [-0.2, 0) is 10.4 Å². The molecule has 0 saturated heterocycles. The van der Waals surface area contributed by atoms with Gasteiger partial charge in [-0.2, -0.15) is 0 Å². The van der Waals surface area contributed by atoms with E-state index in [0.29, 0.717) is 0 Å². The summed E-state index contributed by atoms with van der Waals surface area (Å²) in [5.41, 5.74) is -1.70. The predicted molar refractivity (Wildman–Crippen MR) is 46.6 cm³/mol. The number of esters is 1. The fraction of sp³-hybridized carbons (Fsp3) is 0.556. The average molecular weight is 201 g/mol. The van der Waals surface area contributed by atoms with E-state index >= 15 is 0 Å². The summed E-state index contributed by atoms with van der Waals surface area (Å²) in [5.74, 6) is -0.616. The minimum absolute atomic E-state index is 0.0315. The van der Waals surface area contributed by atoms with Crippen LogP contribution in [0.25, 0.3) is 0 Å². The molecule has 1 aromatic rings. The Kier molecular flexibility index (Phi) is 2.88. The van der Waals surface area contributed by atoms with Crippen molar-refractivity contribution in [2.45, 2.75) is 26.4 Å². The van der Waals surface area contributed by atoms with E-state index in [9.17, 15) is 9.18 Å². The molecule has 1 heterocycles. The van der Waals surface area contributed by atoms with E-state index in [0.717, 1.165) is 6.26 Å². The molecule has 4 nitrogen and oxygen atoms in total. The molecule has 0 bridgehead atoms. The number of halogens is 1. The van der Waals surface area contributed by atoms with E-state index in [1.165, 1.54) is 13.8 Å². The van der Waals surface area contributed by atoms with Crippen molar-refractivity contribution in [2.24, 2.45) is 0 Å². The van der Waals surface area contributed by atoms with Crippen LogP contribution in [0.3, 0.4) is 0 Å². The topological polar surface area (TPSA) is 52.3 Å². The van der Waals surface area contributed by atoms with Crippen molar-refractivity contribution in [3.63, 3.8) is 0 Å². The molecule has 1 rings (SSSR count). The van der Waals surface area contributed by atoms with Gasteiger partial charge >= 0.3 is 5.97 Å². The second-order valence-electron chi connectivity index (χ2n) is 3.27. The molecule has 0 aliphatic rings. The highest BCUT2D eigenvalue weighted by Crippen LogP contribution is 2.26. The first-order valence-electron chi connectivity index (χ1n) is 4.27. The maximum Gasteiger partial charge on any atom is 0.343 e. The van der Waals surface area contributed by atoms with E-state index < -0.39 is 11.6 Å². The molecule has 0 aliphatic heterocycles. The zero-order chi connectivity index (χ0) is 10.8. The van der Waals surface area contributed by atoms with Gasteiger partial charge in [0.05, 0.1) is 6.61 Å². The normalized spacial score (nSPS) is 11.4. The Morgan fingerprint density at radius 1 is 1.71 bits per heavy atom. The van der Waals surface area contributed by atoms with Crippen molar-refractivity contribution in [1.82, 2.24) is 5.16 Å². The summed E-state index contributed by atoms with van der Waals surface area (Å²) in [6, 6.07) is 0. The summed E-state index contributed by atoms with van der Waals surface area (Å²) in [6.45, 7) is 4.50. The highest BCUT2D eigenvalue weighted by molar-refractivity contribution is 5.90. The van der Waals surface area contributed by atoms with Gasteiger partial charge in [-0.15, -0.1) is 0 Å². The highest BCUT2D eigenvalue weighted by Gasteiger charge is 2.30. The summed E-state index contributed by atoms with van der Waals surface area (Å²) in [6.07, 6.45) is 1.09. The zero-order valence-corrected chi connectivity index (χ0v) is 8.33. The van der Waals surface area contributed by atoms with Crippen molar-refractivity contribution in [2.75, 3.05) is 6.61 Å². The number of nitrogens with zero attached hydrogens (tertiary/aromatic N) is 1. The van der Waals surface area contributed by atoms with E-state index in [4.69, 9.17) is 4.74 Å². The summed E-state index contributed by atoms with van der Waals surface area (Å²) >= 11 is 0. The highest BCUT2D eigenvalue weighted by atomic mass is 19.1. The van der Waals surface area contributed by atoms with Gasteiger partial charge in [0.2, 0.25) is 0 Å². The van der Waals surface area contributed by atoms with Crippen LogP contribution < -0.4 is 0 Å². The minimum Gasteiger partial charge on any atom is -0.462 e. The van der Waals surface area contributed by atoms with Crippen LogP contribution in [-0.4, -0.2) is 17.7 Å². The third kappa shape index (κ3) is 2.10. The summed E-state index contributed by atoms with van der Waals surface area (Å²) in [5, 5.41) is 3.44. The quantitative estimate of drug-likeness (QED) is 0.702. The number of hydrogen-bond donors (Lipinski definition) is 0. The average Bonchev–Trinajstić information content (AvgIpc) is 2.50. The van der Waals surface area contributed by atoms with Crippen LogP contribution in [0.5, 0.6) is 0 Å². The third-order valence-electron chi connectivity index (χ3n) is 1.63. The number of alkyl halides is 1. The lowest BCUT2D eigenvalue weighted by molar-refractivity contribution is 0.0518. The molecule has 0 amide bonds. The summed E-state index contributed by atoms with van der Waals surface area (Å²) in [4.78, 5) is 11.3. The Morgan fingerprint density at radius 2 is 2.36 bits per heavy atom. The van der Waals surface area contributed by atoms with Gasteiger partial charge in [0.1, 0.15) is 17.5 Å². The van der Waals surface area contributed by atoms with Gasteiger partial charge in [-0.05, 0) is 20.8 Å². The lowest BCUT2D eigenvalue weighted by atomic mass is 10.0. The molecule has 0 unspecified atom stereocenters. The summed E-state index contributed by atoms with van der Waals surface area (Å²) < 4.78 is 22.8. The number of carbonyl (C=O) groups excluding carboxylic acids is 1. The number of hydrogen-bond acceptors (Lipinski definition) is 4. The number of rotatable bonds is 3. The molecule has 0 N–H and O–H groups in total. The molecular weight excluding hydrogens is 189 g/mol. The van der Waals surface area contributed by atoms with Gasteiger partial charge < -0.3 is 9.26 Å². The first-order chi connectivity index (χ1) is 6.46. The van der Waals surface area contributed by atoms with Gasteiger partial charge in [-0.25, -0.2) is 9.18 Å². The Hall–Kier alpha value is -1.39. The van der Waals surface area contributed by atoms with E-state index in [1.54, 1.807) is 6.92 Å². The number of carbonyl (C=O) groups is 1. The number of ether oxygens (including phenoxy) is 1. The van der Waals surface area contributed by atoms with Crippen LogP contribution in [0.1, 0.15) is 36.8 Å². The van der Waals surface area contributed by atoms with E-state index in [1.807, 2.05) is 0 Å². The van der Waals surface area contributed by atoms with Crippen LogP contribution in [0.4, 0.5) is 4.39 Å². The monoisotopic (exact) mass is 201 g/mol. The third-order valence-corrected chi connectivity index (χ3v) is 1.63. The maximum atomic E-state index is 13.5. The molecule has 0 saturated carbocycles. The lowest BCUT2D eigenvalue weighted by Gasteiger charge is -2.11. The van der Waals surface area contributed by atoms with Crippen molar-refractivity contribution in [3.05, 3.63) is 17.5 Å². The minimum atomic E-state index is -1.71. The molecule has 0 aliphatic carbocycles. The predicted octanol–water partition coefficient (Wildman–Crippen LogP) is 2.06. The fourth-order valence-electron chi connectivity index (χ4n) is 1.02. The van der Waals surface area contributed by atoms with Gasteiger partial charge in [0, 0.05) is 0 Å². The smallest absolute Gasteiger partial charge is 0.343 e. The zero-order valence-electron chi connectivity index (χ0n) is 8.33. The second kappa shape index (κ2) is 3.77. The molecule has 5 heteroatoms. The summed E-state index contributed by atoms with van der Waals surface area (Å²) in [7, 11) is 0. The van der Waals surface area contributed by atoms with Crippen LogP contribution >= 0.6 is 0 Å². The molecule has 0 spiro atoms. The van der Waals surface area contributed by atoms with Gasteiger partial charge in [0.15, 0.2) is 5.67 Å².